The highest BCUT2D eigenvalue weighted by atomic mass is 32.1. The summed E-state index contributed by atoms with van der Waals surface area (Å²) in [6.45, 7) is 7.48. The van der Waals surface area contributed by atoms with Gasteiger partial charge in [0.25, 0.3) is 0 Å². The molecule has 25 heavy (non-hydrogen) atoms. The number of aryl methyl sites for hydroxylation is 1. The molecule has 0 saturated carbocycles. The summed E-state index contributed by atoms with van der Waals surface area (Å²) in [5.41, 5.74) is 4.93. The van der Waals surface area contributed by atoms with E-state index >= 15 is 0 Å². The van der Waals surface area contributed by atoms with Crippen LogP contribution in [0.1, 0.15) is 17.7 Å². The van der Waals surface area contributed by atoms with Crippen molar-refractivity contribution in [1.82, 2.24) is 9.88 Å². The van der Waals surface area contributed by atoms with E-state index < -0.39 is 0 Å². The van der Waals surface area contributed by atoms with Crippen LogP contribution in [0.5, 0.6) is 5.75 Å². The van der Waals surface area contributed by atoms with E-state index in [1.54, 1.807) is 17.6 Å². The summed E-state index contributed by atoms with van der Waals surface area (Å²) in [6, 6.07) is 7.95. The van der Waals surface area contributed by atoms with E-state index in [0.717, 1.165) is 61.4 Å². The fraction of sp³-hybridized carbons (Fsp3) is 0.444. The molecule has 0 spiro atoms. The quantitative estimate of drug-likeness (QED) is 0.445. The van der Waals surface area contributed by atoms with Gasteiger partial charge < -0.3 is 9.47 Å². The van der Waals surface area contributed by atoms with Gasteiger partial charge in [-0.3, -0.25) is 10.3 Å². The molecule has 1 fully saturated rings. The summed E-state index contributed by atoms with van der Waals surface area (Å²) in [7, 11) is 0. The minimum atomic E-state index is 0.717. The number of thiazole rings is 1. The van der Waals surface area contributed by atoms with Crippen molar-refractivity contribution in [3.63, 3.8) is 0 Å². The fourth-order valence-electron chi connectivity index (χ4n) is 2.55. The highest BCUT2D eigenvalue weighted by molar-refractivity contribution is 7.13. The number of anilines is 1. The number of nitrogens with zero attached hydrogens (tertiary/aromatic N) is 3. The number of hydrazone groups is 1. The Labute approximate surface area is 152 Å². The van der Waals surface area contributed by atoms with Gasteiger partial charge in [-0.25, -0.2) is 4.98 Å². The molecule has 1 saturated heterocycles. The molecule has 7 heteroatoms. The SMILES string of the molecule is Cc1csc(NN=Cc2cccc(OCCCN3CCOCC3)c2)n1. The molecule has 1 aromatic heterocycles. The van der Waals surface area contributed by atoms with Crippen LogP contribution in [0.15, 0.2) is 34.7 Å². The van der Waals surface area contributed by atoms with Crippen LogP contribution in [0.2, 0.25) is 0 Å². The smallest absolute Gasteiger partial charge is 0.203 e. The van der Waals surface area contributed by atoms with E-state index in [-0.39, 0.29) is 0 Å². The van der Waals surface area contributed by atoms with Gasteiger partial charge in [-0.1, -0.05) is 12.1 Å². The zero-order valence-electron chi connectivity index (χ0n) is 14.5. The number of rotatable bonds is 8. The van der Waals surface area contributed by atoms with E-state index in [1.165, 1.54) is 0 Å². The first kappa shape index (κ1) is 17.8. The van der Waals surface area contributed by atoms with Crippen LogP contribution in [0.25, 0.3) is 0 Å². The number of hydrogen-bond acceptors (Lipinski definition) is 7. The third kappa shape index (κ3) is 6.12. The molecule has 0 bridgehead atoms. The number of nitrogens with one attached hydrogen (secondary N) is 1. The summed E-state index contributed by atoms with van der Waals surface area (Å²) in [6.07, 6.45) is 2.79. The van der Waals surface area contributed by atoms with E-state index in [0.29, 0.717) is 6.61 Å². The van der Waals surface area contributed by atoms with Gasteiger partial charge in [0, 0.05) is 25.0 Å². The van der Waals surface area contributed by atoms with Gasteiger partial charge in [-0.15, -0.1) is 11.3 Å². The van der Waals surface area contributed by atoms with Crippen LogP contribution in [0.4, 0.5) is 5.13 Å². The lowest BCUT2D eigenvalue weighted by molar-refractivity contribution is 0.0358. The van der Waals surface area contributed by atoms with E-state index in [9.17, 15) is 0 Å². The first-order chi connectivity index (χ1) is 12.3. The normalized spacial score (nSPS) is 15.6. The van der Waals surface area contributed by atoms with Gasteiger partial charge in [0.1, 0.15) is 5.75 Å². The summed E-state index contributed by atoms with van der Waals surface area (Å²) in [5.74, 6) is 0.871. The Kier molecular flexibility index (Phi) is 6.79. The monoisotopic (exact) mass is 360 g/mol. The van der Waals surface area contributed by atoms with Gasteiger partial charge in [-0.05, 0) is 31.0 Å². The van der Waals surface area contributed by atoms with Crippen molar-refractivity contribution in [3.05, 3.63) is 40.9 Å². The van der Waals surface area contributed by atoms with Gasteiger partial charge in [0.05, 0.1) is 31.7 Å². The molecule has 0 unspecified atom stereocenters. The van der Waals surface area contributed by atoms with Crippen molar-refractivity contribution in [3.8, 4) is 5.75 Å². The minimum Gasteiger partial charge on any atom is -0.494 e. The second-order valence-electron chi connectivity index (χ2n) is 5.89. The minimum absolute atomic E-state index is 0.717. The van der Waals surface area contributed by atoms with Crippen LogP contribution in [-0.4, -0.2) is 55.6 Å². The molecule has 0 amide bonds. The van der Waals surface area contributed by atoms with Crippen molar-refractivity contribution in [2.24, 2.45) is 5.10 Å². The fourth-order valence-corrected chi connectivity index (χ4v) is 3.19. The number of ether oxygens (including phenoxy) is 2. The summed E-state index contributed by atoms with van der Waals surface area (Å²) < 4.78 is 11.2. The molecule has 2 heterocycles. The van der Waals surface area contributed by atoms with Gasteiger partial charge >= 0.3 is 0 Å². The molecule has 3 rings (SSSR count). The van der Waals surface area contributed by atoms with Crippen molar-refractivity contribution >= 4 is 22.7 Å². The summed E-state index contributed by atoms with van der Waals surface area (Å²) in [5, 5.41) is 7.01. The highest BCUT2D eigenvalue weighted by Gasteiger charge is 2.09. The molecular weight excluding hydrogens is 336 g/mol. The topological polar surface area (TPSA) is 59.0 Å². The lowest BCUT2D eigenvalue weighted by atomic mass is 10.2. The summed E-state index contributed by atoms with van der Waals surface area (Å²) >= 11 is 1.54. The third-order valence-electron chi connectivity index (χ3n) is 3.84. The van der Waals surface area contributed by atoms with Crippen molar-refractivity contribution < 1.29 is 9.47 Å². The molecule has 1 aliphatic heterocycles. The van der Waals surface area contributed by atoms with Crippen molar-refractivity contribution in [1.29, 1.82) is 0 Å². The Morgan fingerprint density at radius 3 is 3.08 bits per heavy atom. The number of morpholine rings is 1. The Morgan fingerprint density at radius 1 is 1.40 bits per heavy atom. The van der Waals surface area contributed by atoms with Crippen LogP contribution >= 0.6 is 11.3 Å². The largest absolute Gasteiger partial charge is 0.494 e. The average Bonchev–Trinajstić information content (AvgIpc) is 3.05. The standard InChI is InChI=1S/C18H24N4O2S/c1-15-14-25-18(20-15)21-19-13-16-4-2-5-17(12-16)24-9-3-6-22-7-10-23-11-8-22/h2,4-5,12-14H,3,6-11H2,1H3,(H,20,21). The maximum Gasteiger partial charge on any atom is 0.203 e. The van der Waals surface area contributed by atoms with Crippen LogP contribution in [-0.2, 0) is 4.74 Å². The van der Waals surface area contributed by atoms with E-state index in [4.69, 9.17) is 9.47 Å². The predicted octanol–water partition coefficient (Wildman–Crippen LogP) is 3.00. The predicted molar refractivity (Wildman–Crippen MR) is 102 cm³/mol. The Bertz CT molecular complexity index is 683. The molecule has 1 N–H and O–H groups in total. The second-order valence-corrected chi connectivity index (χ2v) is 6.75. The maximum absolute atomic E-state index is 5.86. The van der Waals surface area contributed by atoms with Crippen LogP contribution in [0.3, 0.4) is 0 Å². The first-order valence-electron chi connectivity index (χ1n) is 8.54. The number of aromatic nitrogens is 1. The maximum atomic E-state index is 5.86. The molecular formula is C18H24N4O2S. The average molecular weight is 360 g/mol. The van der Waals surface area contributed by atoms with Gasteiger partial charge in [-0.2, -0.15) is 5.10 Å². The Balaban J connectivity index is 1.41. The Hall–Kier alpha value is -1.96. The zero-order valence-corrected chi connectivity index (χ0v) is 15.3. The third-order valence-corrected chi connectivity index (χ3v) is 4.71. The highest BCUT2D eigenvalue weighted by Crippen LogP contribution is 2.15. The lowest BCUT2D eigenvalue weighted by Gasteiger charge is -2.26. The Morgan fingerprint density at radius 2 is 2.28 bits per heavy atom. The molecule has 0 radical (unpaired) electrons. The van der Waals surface area contributed by atoms with E-state index in [2.05, 4.69) is 20.4 Å². The second kappa shape index (κ2) is 9.50. The molecule has 0 atom stereocenters. The van der Waals surface area contributed by atoms with Crippen LogP contribution in [0, 0.1) is 6.92 Å². The molecule has 2 aromatic rings. The molecule has 1 aromatic carbocycles. The molecule has 134 valence electrons. The van der Waals surface area contributed by atoms with Gasteiger partial charge in [0.2, 0.25) is 5.13 Å². The molecule has 0 aliphatic carbocycles. The number of benzene rings is 1. The van der Waals surface area contributed by atoms with Gasteiger partial charge in [0.15, 0.2) is 0 Å². The van der Waals surface area contributed by atoms with Crippen molar-refractivity contribution in [2.75, 3.05) is 44.9 Å². The van der Waals surface area contributed by atoms with E-state index in [1.807, 2.05) is 36.6 Å². The number of hydrogen-bond donors (Lipinski definition) is 1. The van der Waals surface area contributed by atoms with Crippen molar-refractivity contribution in [2.45, 2.75) is 13.3 Å². The van der Waals surface area contributed by atoms with Crippen LogP contribution < -0.4 is 10.2 Å². The summed E-state index contributed by atoms with van der Waals surface area (Å²) in [4.78, 5) is 6.72. The first-order valence-corrected chi connectivity index (χ1v) is 9.42. The molecule has 1 aliphatic rings. The molecule has 6 nitrogen and oxygen atoms in total. The zero-order chi connectivity index (χ0) is 17.3. The lowest BCUT2D eigenvalue weighted by Crippen LogP contribution is -2.37.